The smallest absolute Gasteiger partial charge is 0.289 e. The van der Waals surface area contributed by atoms with Crippen LogP contribution < -0.4 is 5.73 Å². The first-order valence-corrected chi connectivity index (χ1v) is 4.08. The molecule has 0 saturated carbocycles. The standard InChI is InChI=1S/C9H9F4NO/c10-5-2-1-3-6(11)7(5)8(14)9(12,13)4-15/h1-3,8,15H,4,14H2/t8-/m0/s1. The maximum absolute atomic E-state index is 13.0. The van der Waals surface area contributed by atoms with E-state index in [1.54, 1.807) is 0 Å². The number of rotatable bonds is 3. The molecule has 6 heteroatoms. The fourth-order valence-electron chi connectivity index (χ4n) is 1.12. The van der Waals surface area contributed by atoms with E-state index in [0.29, 0.717) is 0 Å². The molecule has 0 fully saturated rings. The van der Waals surface area contributed by atoms with Crippen LogP contribution in [-0.4, -0.2) is 17.6 Å². The Bertz CT molecular complexity index is 336. The SMILES string of the molecule is N[C@@H](c1c(F)cccc1F)C(F)(F)CO. The van der Waals surface area contributed by atoms with Crippen molar-refractivity contribution in [2.75, 3.05) is 6.61 Å². The largest absolute Gasteiger partial charge is 0.390 e. The second kappa shape index (κ2) is 4.16. The highest BCUT2D eigenvalue weighted by Crippen LogP contribution is 2.31. The molecule has 0 aromatic heterocycles. The van der Waals surface area contributed by atoms with Crippen LogP contribution in [-0.2, 0) is 0 Å². The van der Waals surface area contributed by atoms with Crippen LogP contribution in [0.4, 0.5) is 17.6 Å². The van der Waals surface area contributed by atoms with Gasteiger partial charge in [0.05, 0.1) is 0 Å². The van der Waals surface area contributed by atoms with Crippen LogP contribution >= 0.6 is 0 Å². The zero-order chi connectivity index (χ0) is 11.6. The van der Waals surface area contributed by atoms with Crippen LogP contribution in [0.15, 0.2) is 18.2 Å². The summed E-state index contributed by atoms with van der Waals surface area (Å²) < 4.78 is 51.8. The minimum Gasteiger partial charge on any atom is -0.390 e. The van der Waals surface area contributed by atoms with Gasteiger partial charge in [0.2, 0.25) is 0 Å². The highest BCUT2D eigenvalue weighted by molar-refractivity contribution is 5.24. The predicted octanol–water partition coefficient (Wildman–Crippen LogP) is 1.59. The molecule has 0 bridgehead atoms. The van der Waals surface area contributed by atoms with Gasteiger partial charge in [-0.3, -0.25) is 0 Å². The first-order valence-electron chi connectivity index (χ1n) is 4.08. The van der Waals surface area contributed by atoms with Gasteiger partial charge in [0, 0.05) is 5.56 Å². The van der Waals surface area contributed by atoms with Crippen LogP contribution in [0.2, 0.25) is 0 Å². The molecule has 0 saturated heterocycles. The first-order chi connectivity index (χ1) is 6.90. The Morgan fingerprint density at radius 1 is 1.27 bits per heavy atom. The number of benzene rings is 1. The van der Waals surface area contributed by atoms with E-state index in [-0.39, 0.29) is 0 Å². The second-order valence-electron chi connectivity index (χ2n) is 3.03. The Kier molecular flexibility index (Phi) is 3.31. The van der Waals surface area contributed by atoms with Gasteiger partial charge in [-0.2, -0.15) is 0 Å². The average Bonchev–Trinajstić information content (AvgIpc) is 2.17. The maximum Gasteiger partial charge on any atom is 0.289 e. The third kappa shape index (κ3) is 2.27. The molecule has 1 aromatic carbocycles. The highest BCUT2D eigenvalue weighted by Gasteiger charge is 2.40. The molecule has 0 spiro atoms. The molecule has 0 aliphatic carbocycles. The summed E-state index contributed by atoms with van der Waals surface area (Å²) in [6, 6.07) is 0.485. The molecule has 84 valence electrons. The van der Waals surface area contributed by atoms with E-state index in [1.165, 1.54) is 0 Å². The Balaban J connectivity index is 3.16. The lowest BCUT2D eigenvalue weighted by atomic mass is 10.0. The normalized spacial score (nSPS) is 14.0. The molecule has 0 amide bonds. The van der Waals surface area contributed by atoms with Gasteiger partial charge in [-0.05, 0) is 12.1 Å². The molecule has 0 aliphatic heterocycles. The zero-order valence-corrected chi connectivity index (χ0v) is 7.55. The molecule has 2 nitrogen and oxygen atoms in total. The zero-order valence-electron chi connectivity index (χ0n) is 7.55. The molecule has 15 heavy (non-hydrogen) atoms. The van der Waals surface area contributed by atoms with Crippen molar-refractivity contribution in [3.63, 3.8) is 0 Å². The lowest BCUT2D eigenvalue weighted by Crippen LogP contribution is -2.37. The number of aliphatic hydroxyl groups excluding tert-OH is 1. The number of hydrogen-bond acceptors (Lipinski definition) is 2. The monoisotopic (exact) mass is 223 g/mol. The Labute approximate surface area is 83.3 Å². The number of hydrogen-bond donors (Lipinski definition) is 2. The van der Waals surface area contributed by atoms with Gasteiger partial charge in [0.15, 0.2) is 0 Å². The highest BCUT2D eigenvalue weighted by atomic mass is 19.3. The fourth-order valence-corrected chi connectivity index (χ4v) is 1.12. The fraction of sp³-hybridized carbons (Fsp3) is 0.333. The van der Waals surface area contributed by atoms with Crippen LogP contribution in [0.5, 0.6) is 0 Å². The van der Waals surface area contributed by atoms with Gasteiger partial charge < -0.3 is 10.8 Å². The van der Waals surface area contributed by atoms with E-state index < -0.39 is 35.8 Å². The van der Waals surface area contributed by atoms with Crippen molar-refractivity contribution in [1.29, 1.82) is 0 Å². The Hall–Kier alpha value is -1.14. The summed E-state index contributed by atoms with van der Waals surface area (Å²) in [6.45, 7) is -1.57. The number of alkyl halides is 2. The van der Waals surface area contributed by atoms with Crippen molar-refractivity contribution < 1.29 is 22.7 Å². The molecule has 1 aromatic rings. The van der Waals surface area contributed by atoms with Crippen molar-refractivity contribution in [3.8, 4) is 0 Å². The van der Waals surface area contributed by atoms with E-state index in [0.717, 1.165) is 18.2 Å². The molecule has 1 rings (SSSR count). The lowest BCUT2D eigenvalue weighted by molar-refractivity contribution is -0.0726. The average molecular weight is 223 g/mol. The van der Waals surface area contributed by atoms with Gasteiger partial charge in [-0.1, -0.05) is 6.07 Å². The van der Waals surface area contributed by atoms with E-state index in [9.17, 15) is 17.6 Å². The topological polar surface area (TPSA) is 46.2 Å². The van der Waals surface area contributed by atoms with Gasteiger partial charge in [0.25, 0.3) is 5.92 Å². The summed E-state index contributed by atoms with van der Waals surface area (Å²) in [6.07, 6.45) is 0. The van der Waals surface area contributed by atoms with Crippen molar-refractivity contribution in [2.45, 2.75) is 12.0 Å². The molecule has 1 atom stereocenters. The first kappa shape index (κ1) is 11.9. The molecule has 0 radical (unpaired) electrons. The summed E-state index contributed by atoms with van der Waals surface area (Å²) >= 11 is 0. The molecule has 0 aliphatic rings. The van der Waals surface area contributed by atoms with Gasteiger partial charge in [-0.15, -0.1) is 0 Å². The third-order valence-electron chi connectivity index (χ3n) is 1.98. The van der Waals surface area contributed by atoms with E-state index >= 15 is 0 Å². The molecular weight excluding hydrogens is 214 g/mol. The van der Waals surface area contributed by atoms with Crippen molar-refractivity contribution in [1.82, 2.24) is 0 Å². The van der Waals surface area contributed by atoms with Crippen LogP contribution in [0.25, 0.3) is 0 Å². The number of halogens is 4. The summed E-state index contributed by atoms with van der Waals surface area (Å²) in [5, 5.41) is 8.33. The van der Waals surface area contributed by atoms with Crippen LogP contribution in [0.1, 0.15) is 11.6 Å². The second-order valence-corrected chi connectivity index (χ2v) is 3.03. The third-order valence-corrected chi connectivity index (χ3v) is 1.98. The molecule has 0 heterocycles. The van der Waals surface area contributed by atoms with Gasteiger partial charge in [-0.25, -0.2) is 17.6 Å². The molecular formula is C9H9F4NO. The quantitative estimate of drug-likeness (QED) is 0.764. The van der Waals surface area contributed by atoms with Crippen molar-refractivity contribution in [2.24, 2.45) is 5.73 Å². The maximum atomic E-state index is 13.0. The number of aliphatic hydroxyl groups is 1. The van der Waals surface area contributed by atoms with E-state index in [4.69, 9.17) is 10.8 Å². The summed E-state index contributed by atoms with van der Waals surface area (Å²) in [5.74, 6) is -6.07. The van der Waals surface area contributed by atoms with Crippen molar-refractivity contribution in [3.05, 3.63) is 35.4 Å². The van der Waals surface area contributed by atoms with E-state index in [1.807, 2.05) is 0 Å². The summed E-state index contributed by atoms with van der Waals surface area (Å²) in [4.78, 5) is 0. The minimum absolute atomic E-state index is 0.825. The summed E-state index contributed by atoms with van der Waals surface area (Å²) in [7, 11) is 0. The van der Waals surface area contributed by atoms with Gasteiger partial charge in [0.1, 0.15) is 24.3 Å². The number of nitrogens with two attached hydrogens (primary N) is 1. The van der Waals surface area contributed by atoms with E-state index in [2.05, 4.69) is 0 Å². The summed E-state index contributed by atoms with van der Waals surface area (Å²) in [5.41, 5.74) is 4.08. The van der Waals surface area contributed by atoms with Gasteiger partial charge >= 0.3 is 0 Å². The van der Waals surface area contributed by atoms with Crippen LogP contribution in [0, 0.1) is 11.6 Å². The van der Waals surface area contributed by atoms with Crippen molar-refractivity contribution >= 4 is 0 Å². The Morgan fingerprint density at radius 2 is 1.73 bits per heavy atom. The molecule has 0 unspecified atom stereocenters. The lowest BCUT2D eigenvalue weighted by Gasteiger charge is -2.22. The Morgan fingerprint density at radius 3 is 2.13 bits per heavy atom. The van der Waals surface area contributed by atoms with Crippen LogP contribution in [0.3, 0.4) is 0 Å². The molecule has 3 N–H and O–H groups in total. The predicted molar refractivity (Wildman–Crippen MR) is 45.3 cm³/mol. The minimum atomic E-state index is -3.76.